The van der Waals surface area contributed by atoms with Crippen LogP contribution in [0.5, 0.6) is 0 Å². The zero-order valence-electron chi connectivity index (χ0n) is 6.60. The number of carbonyl (C=O) groups excluding carboxylic acids is 1. The van der Waals surface area contributed by atoms with Crippen molar-refractivity contribution in [2.75, 3.05) is 13.1 Å². The van der Waals surface area contributed by atoms with Gasteiger partial charge in [-0.1, -0.05) is 0 Å². The Hall–Kier alpha value is -0.465. The van der Waals surface area contributed by atoms with E-state index in [2.05, 4.69) is 0 Å². The summed E-state index contributed by atoms with van der Waals surface area (Å²) in [5, 5.41) is 0. The van der Waals surface area contributed by atoms with Crippen LogP contribution in [0.3, 0.4) is 0 Å². The maximum absolute atomic E-state index is 11.1. The summed E-state index contributed by atoms with van der Waals surface area (Å²) >= 11 is 0. The first-order chi connectivity index (χ1) is 4.84. The van der Waals surface area contributed by atoms with Crippen LogP contribution in [0.25, 0.3) is 0 Å². The molecule has 0 aromatic heterocycles. The van der Waals surface area contributed by atoms with Gasteiger partial charge in [-0.2, -0.15) is 0 Å². The summed E-state index contributed by atoms with van der Waals surface area (Å²) < 4.78 is 0. The predicted molar refractivity (Wildman–Crippen MR) is 43.8 cm³/mol. The zero-order valence-corrected chi connectivity index (χ0v) is 6.60. The third kappa shape index (κ3) is 1.76. The normalized spacial score (nSPS) is 19.0. The number of hydrogen-bond acceptors (Lipinski definition) is 1. The molecule has 0 radical (unpaired) electrons. The highest BCUT2D eigenvalue weighted by Gasteiger charge is 2.13. The van der Waals surface area contributed by atoms with Crippen molar-refractivity contribution in [3.8, 4) is 0 Å². The Morgan fingerprint density at radius 2 is 1.90 bits per heavy atom. The number of amides is 1. The first-order valence-corrected chi connectivity index (χ1v) is 4.12. The fourth-order valence-corrected chi connectivity index (χ4v) is 1.37. The van der Waals surface area contributed by atoms with Crippen LogP contribution >= 0.6 is 0 Å². The molecular weight excluding hydrogens is 125 g/mol. The van der Waals surface area contributed by atoms with Crippen LogP contribution in [-0.2, 0) is 4.79 Å². The van der Waals surface area contributed by atoms with Crippen LogP contribution in [-0.4, -0.2) is 31.7 Å². The smallest absolute Gasteiger partial charge is 0.214 e. The van der Waals surface area contributed by atoms with Crippen molar-refractivity contribution < 1.29 is 4.79 Å². The average molecular weight is 139 g/mol. The molecule has 1 fully saturated rings. The van der Waals surface area contributed by atoms with Crippen LogP contribution < -0.4 is 0 Å². The maximum atomic E-state index is 11.1. The Morgan fingerprint density at radius 3 is 2.40 bits per heavy atom. The number of rotatable bonds is 1. The van der Waals surface area contributed by atoms with Gasteiger partial charge in [0, 0.05) is 13.1 Å². The second-order valence-corrected chi connectivity index (χ2v) is 2.80. The van der Waals surface area contributed by atoms with Gasteiger partial charge in [0.2, 0.25) is 5.91 Å². The zero-order chi connectivity index (χ0) is 7.40. The number of nitrogens with zero attached hydrogens (tertiary/aromatic N) is 1. The van der Waals surface area contributed by atoms with Crippen LogP contribution in [0.1, 0.15) is 19.3 Å². The Balaban J connectivity index is 2.31. The highest BCUT2D eigenvalue weighted by molar-refractivity contribution is 6.19. The Labute approximate surface area is 63.0 Å². The molecule has 1 rings (SSSR count). The molecule has 1 aliphatic heterocycles. The van der Waals surface area contributed by atoms with Gasteiger partial charge in [-0.25, -0.2) is 0 Å². The lowest BCUT2D eigenvalue weighted by molar-refractivity contribution is -0.129. The van der Waals surface area contributed by atoms with E-state index in [0.29, 0.717) is 12.2 Å². The number of hydrogen-bond donors (Lipinski definition) is 0. The summed E-state index contributed by atoms with van der Waals surface area (Å²) in [7, 11) is 1.93. The Bertz CT molecular complexity index is 121. The van der Waals surface area contributed by atoms with Crippen molar-refractivity contribution in [1.82, 2.24) is 4.90 Å². The van der Waals surface area contributed by atoms with Crippen LogP contribution in [0.4, 0.5) is 0 Å². The molecule has 1 heterocycles. The van der Waals surface area contributed by atoms with E-state index in [9.17, 15) is 4.79 Å². The van der Waals surface area contributed by atoms with E-state index < -0.39 is 0 Å². The molecule has 10 heavy (non-hydrogen) atoms. The molecule has 3 heteroatoms. The second-order valence-electron chi connectivity index (χ2n) is 2.80. The lowest BCUT2D eigenvalue weighted by Gasteiger charge is -2.26. The molecule has 0 bridgehead atoms. The van der Waals surface area contributed by atoms with Gasteiger partial charge < -0.3 is 4.90 Å². The molecule has 0 aliphatic carbocycles. The van der Waals surface area contributed by atoms with Crippen LogP contribution in [0.2, 0.25) is 6.32 Å². The van der Waals surface area contributed by atoms with Crippen molar-refractivity contribution in [3.05, 3.63) is 0 Å². The monoisotopic (exact) mass is 139 g/mol. The molecule has 0 atom stereocenters. The minimum absolute atomic E-state index is 0.319. The fraction of sp³-hybridized carbons (Fsp3) is 0.857. The summed E-state index contributed by atoms with van der Waals surface area (Å²) in [5.41, 5.74) is 0. The number of piperidine rings is 1. The van der Waals surface area contributed by atoms with E-state index in [1.807, 2.05) is 12.7 Å². The van der Waals surface area contributed by atoms with Gasteiger partial charge in [0.1, 0.15) is 7.85 Å². The molecule has 56 valence electrons. The molecule has 0 saturated carbocycles. The van der Waals surface area contributed by atoms with Gasteiger partial charge >= 0.3 is 0 Å². The lowest BCUT2D eigenvalue weighted by Crippen LogP contribution is -2.35. The quantitative estimate of drug-likeness (QED) is 0.470. The Morgan fingerprint density at radius 1 is 1.30 bits per heavy atom. The highest BCUT2D eigenvalue weighted by atomic mass is 16.2. The van der Waals surface area contributed by atoms with E-state index in [-0.39, 0.29) is 0 Å². The molecule has 0 aromatic rings. The van der Waals surface area contributed by atoms with E-state index in [1.165, 1.54) is 19.3 Å². The highest BCUT2D eigenvalue weighted by Crippen LogP contribution is 2.08. The molecule has 0 spiro atoms. The van der Waals surface area contributed by atoms with E-state index in [0.717, 1.165) is 13.1 Å². The second kappa shape index (κ2) is 3.64. The standard InChI is InChI=1S/C7H14BNO/c8-6-7(10)9-4-2-1-3-5-9/h1-6,8H2. The summed E-state index contributed by atoms with van der Waals surface area (Å²) in [5.74, 6) is 0.319. The van der Waals surface area contributed by atoms with Crippen LogP contribution in [0, 0.1) is 0 Å². The van der Waals surface area contributed by atoms with E-state index in [4.69, 9.17) is 0 Å². The van der Waals surface area contributed by atoms with Crippen molar-refractivity contribution in [3.63, 3.8) is 0 Å². The first kappa shape index (κ1) is 7.64. The number of carbonyl (C=O) groups is 1. The minimum Gasteiger partial charge on any atom is -0.343 e. The van der Waals surface area contributed by atoms with Crippen molar-refractivity contribution in [2.45, 2.75) is 25.6 Å². The van der Waals surface area contributed by atoms with Gasteiger partial charge in [-0.15, -0.1) is 0 Å². The average Bonchev–Trinajstić information content (AvgIpc) is 2.05. The topological polar surface area (TPSA) is 20.3 Å². The van der Waals surface area contributed by atoms with Gasteiger partial charge in [-0.05, 0) is 25.6 Å². The van der Waals surface area contributed by atoms with E-state index >= 15 is 0 Å². The lowest BCUT2D eigenvalue weighted by atomic mass is 10.0. The molecule has 2 nitrogen and oxygen atoms in total. The predicted octanol–water partition coefficient (Wildman–Crippen LogP) is 0.0503. The summed E-state index contributed by atoms with van der Waals surface area (Å²) in [6, 6.07) is 0. The van der Waals surface area contributed by atoms with E-state index in [1.54, 1.807) is 0 Å². The third-order valence-corrected chi connectivity index (χ3v) is 2.01. The third-order valence-electron chi connectivity index (χ3n) is 2.01. The Kier molecular flexibility index (Phi) is 2.78. The van der Waals surface area contributed by atoms with Crippen molar-refractivity contribution in [2.24, 2.45) is 0 Å². The SMILES string of the molecule is BCC(=O)N1CCCCC1. The van der Waals surface area contributed by atoms with Gasteiger partial charge in [-0.3, -0.25) is 4.79 Å². The van der Waals surface area contributed by atoms with Crippen molar-refractivity contribution >= 4 is 13.8 Å². The van der Waals surface area contributed by atoms with Gasteiger partial charge in [0.15, 0.2) is 0 Å². The largest absolute Gasteiger partial charge is 0.343 e. The summed E-state index contributed by atoms with van der Waals surface area (Å²) in [4.78, 5) is 13.1. The number of likely N-dealkylation sites (tertiary alicyclic amines) is 1. The molecule has 1 amide bonds. The van der Waals surface area contributed by atoms with Crippen molar-refractivity contribution in [1.29, 1.82) is 0 Å². The summed E-state index contributed by atoms with van der Waals surface area (Å²) in [6.45, 7) is 1.99. The molecule has 1 aliphatic rings. The van der Waals surface area contributed by atoms with Crippen LogP contribution in [0.15, 0.2) is 0 Å². The molecule has 0 aromatic carbocycles. The van der Waals surface area contributed by atoms with Gasteiger partial charge in [0.25, 0.3) is 0 Å². The molecule has 0 unspecified atom stereocenters. The molecule has 0 N–H and O–H groups in total. The molecule has 1 saturated heterocycles. The summed E-state index contributed by atoms with van der Waals surface area (Å²) in [6.07, 6.45) is 4.37. The maximum Gasteiger partial charge on any atom is 0.214 e. The molecular formula is C7H14BNO. The fourth-order valence-electron chi connectivity index (χ4n) is 1.37. The minimum atomic E-state index is 0.319. The van der Waals surface area contributed by atoms with Gasteiger partial charge in [0.05, 0.1) is 0 Å². The first-order valence-electron chi connectivity index (χ1n) is 4.12.